The number of carbonyl (C=O) groups is 1. The molecule has 1 aromatic carbocycles. The van der Waals surface area contributed by atoms with Gasteiger partial charge in [0.25, 0.3) is 0 Å². The van der Waals surface area contributed by atoms with E-state index in [1.54, 1.807) is 0 Å². The third-order valence-corrected chi connectivity index (χ3v) is 3.32. The molecule has 4 nitrogen and oxygen atoms in total. The van der Waals surface area contributed by atoms with Gasteiger partial charge in [0.15, 0.2) is 0 Å². The van der Waals surface area contributed by atoms with Gasteiger partial charge in [-0.05, 0) is 24.3 Å². The van der Waals surface area contributed by atoms with Crippen molar-refractivity contribution >= 4 is 11.7 Å². The fraction of sp³-hybridized carbons (Fsp3) is 0.500. The summed E-state index contributed by atoms with van der Waals surface area (Å²) in [6, 6.07) is 4.98. The van der Waals surface area contributed by atoms with Gasteiger partial charge in [0.05, 0.1) is 31.8 Å². The molecule has 7 heteroatoms. The van der Waals surface area contributed by atoms with Crippen molar-refractivity contribution < 1.29 is 27.4 Å². The SMILES string of the molecule is COC(=O)CC1CN(c2ccc(C(F)(F)F)cc2)CCO1. The van der Waals surface area contributed by atoms with Gasteiger partial charge in [-0.1, -0.05) is 0 Å². The lowest BCUT2D eigenvalue weighted by Gasteiger charge is -2.34. The van der Waals surface area contributed by atoms with E-state index in [-0.39, 0.29) is 18.5 Å². The summed E-state index contributed by atoms with van der Waals surface area (Å²) in [7, 11) is 1.30. The van der Waals surface area contributed by atoms with Crippen LogP contribution in [0.5, 0.6) is 0 Å². The largest absolute Gasteiger partial charge is 0.469 e. The summed E-state index contributed by atoms with van der Waals surface area (Å²) in [6.45, 7) is 1.44. The fourth-order valence-electron chi connectivity index (χ4n) is 2.21. The van der Waals surface area contributed by atoms with E-state index in [0.717, 1.165) is 12.1 Å². The number of hydrogen-bond donors (Lipinski definition) is 0. The Bertz CT molecular complexity index is 487. The van der Waals surface area contributed by atoms with Gasteiger partial charge >= 0.3 is 12.1 Å². The van der Waals surface area contributed by atoms with Crippen LogP contribution in [0.1, 0.15) is 12.0 Å². The molecule has 0 spiro atoms. The summed E-state index contributed by atoms with van der Waals surface area (Å²) in [5, 5.41) is 0. The number of halogens is 3. The highest BCUT2D eigenvalue weighted by Gasteiger charge is 2.30. The molecule has 1 fully saturated rings. The van der Waals surface area contributed by atoms with E-state index in [9.17, 15) is 18.0 Å². The third kappa shape index (κ3) is 4.10. The van der Waals surface area contributed by atoms with Gasteiger partial charge in [0.1, 0.15) is 0 Å². The first-order valence-electron chi connectivity index (χ1n) is 6.51. The van der Waals surface area contributed by atoms with Crippen molar-refractivity contribution in [1.29, 1.82) is 0 Å². The van der Waals surface area contributed by atoms with Crippen LogP contribution in [0.15, 0.2) is 24.3 Å². The zero-order valence-electron chi connectivity index (χ0n) is 11.5. The van der Waals surface area contributed by atoms with E-state index < -0.39 is 11.7 Å². The van der Waals surface area contributed by atoms with Crippen LogP contribution < -0.4 is 4.90 Å². The number of rotatable bonds is 3. The molecule has 0 N–H and O–H groups in total. The zero-order valence-corrected chi connectivity index (χ0v) is 11.5. The topological polar surface area (TPSA) is 38.8 Å². The predicted molar refractivity (Wildman–Crippen MR) is 70.0 cm³/mol. The highest BCUT2D eigenvalue weighted by Crippen LogP contribution is 2.30. The normalized spacial score (nSPS) is 19.4. The van der Waals surface area contributed by atoms with Crippen molar-refractivity contribution in [3.63, 3.8) is 0 Å². The number of ether oxygens (including phenoxy) is 2. The van der Waals surface area contributed by atoms with Gasteiger partial charge in [-0.15, -0.1) is 0 Å². The maximum absolute atomic E-state index is 12.5. The standard InChI is InChI=1S/C14H16F3NO3/c1-20-13(19)8-12-9-18(6-7-21-12)11-4-2-10(3-5-11)14(15,16)17/h2-5,12H,6-9H2,1H3. The molecule has 0 bridgehead atoms. The van der Waals surface area contributed by atoms with Crippen LogP contribution in [0.4, 0.5) is 18.9 Å². The van der Waals surface area contributed by atoms with Gasteiger partial charge in [-0.2, -0.15) is 13.2 Å². The Morgan fingerprint density at radius 2 is 2.05 bits per heavy atom. The smallest absolute Gasteiger partial charge is 0.416 e. The maximum atomic E-state index is 12.5. The van der Waals surface area contributed by atoms with Crippen molar-refractivity contribution in [1.82, 2.24) is 0 Å². The Morgan fingerprint density at radius 3 is 2.62 bits per heavy atom. The van der Waals surface area contributed by atoms with Crippen LogP contribution >= 0.6 is 0 Å². The van der Waals surface area contributed by atoms with Crippen molar-refractivity contribution in [3.05, 3.63) is 29.8 Å². The number of hydrogen-bond acceptors (Lipinski definition) is 4. The second-order valence-corrected chi connectivity index (χ2v) is 4.76. The molecule has 0 radical (unpaired) electrons. The molecule has 21 heavy (non-hydrogen) atoms. The summed E-state index contributed by atoms with van der Waals surface area (Å²) < 4.78 is 47.6. The van der Waals surface area contributed by atoms with E-state index in [1.165, 1.54) is 19.2 Å². The van der Waals surface area contributed by atoms with Crippen LogP contribution in [0, 0.1) is 0 Å². The predicted octanol–water partition coefficient (Wildman–Crippen LogP) is 2.47. The lowest BCUT2D eigenvalue weighted by molar-refractivity contribution is -0.144. The van der Waals surface area contributed by atoms with Crippen LogP contribution in [0.2, 0.25) is 0 Å². The summed E-state index contributed by atoms with van der Waals surface area (Å²) in [5.41, 5.74) is 0.00628. The number of methoxy groups -OCH3 is 1. The minimum atomic E-state index is -4.34. The van der Waals surface area contributed by atoms with Crippen molar-refractivity contribution in [3.8, 4) is 0 Å². The number of alkyl halides is 3. The van der Waals surface area contributed by atoms with E-state index >= 15 is 0 Å². The lowest BCUT2D eigenvalue weighted by Crippen LogP contribution is -2.43. The molecule has 1 atom stereocenters. The zero-order chi connectivity index (χ0) is 15.5. The number of esters is 1. The Balaban J connectivity index is 2.02. The molecule has 2 rings (SSSR count). The molecule has 1 saturated heterocycles. The highest BCUT2D eigenvalue weighted by atomic mass is 19.4. The summed E-state index contributed by atoms with van der Waals surface area (Å²) >= 11 is 0. The Morgan fingerprint density at radius 1 is 1.38 bits per heavy atom. The summed E-state index contributed by atoms with van der Waals surface area (Å²) in [6.07, 6.45) is -4.52. The number of nitrogens with zero attached hydrogens (tertiary/aromatic N) is 1. The number of carbonyl (C=O) groups excluding carboxylic acids is 1. The molecule has 1 heterocycles. The van der Waals surface area contributed by atoms with Crippen molar-refractivity contribution in [2.24, 2.45) is 0 Å². The van der Waals surface area contributed by atoms with Crippen molar-refractivity contribution in [2.75, 3.05) is 31.7 Å². The molecular formula is C14H16F3NO3. The Hall–Kier alpha value is -1.76. The van der Waals surface area contributed by atoms with Gasteiger partial charge in [-0.25, -0.2) is 0 Å². The molecule has 1 aliphatic rings. The Kier molecular flexibility index (Phi) is 4.72. The third-order valence-electron chi connectivity index (χ3n) is 3.32. The molecule has 0 amide bonds. The molecule has 0 aliphatic carbocycles. The maximum Gasteiger partial charge on any atom is 0.416 e. The van der Waals surface area contributed by atoms with Crippen LogP contribution in [0.3, 0.4) is 0 Å². The second-order valence-electron chi connectivity index (χ2n) is 4.76. The first-order valence-corrected chi connectivity index (χ1v) is 6.51. The first-order chi connectivity index (χ1) is 9.90. The van der Waals surface area contributed by atoms with E-state index in [0.29, 0.717) is 25.4 Å². The number of benzene rings is 1. The van der Waals surface area contributed by atoms with Crippen LogP contribution in [-0.2, 0) is 20.4 Å². The van der Waals surface area contributed by atoms with Crippen LogP contribution in [-0.4, -0.2) is 38.9 Å². The first kappa shape index (κ1) is 15.6. The highest BCUT2D eigenvalue weighted by molar-refractivity contribution is 5.70. The summed E-state index contributed by atoms with van der Waals surface area (Å²) in [4.78, 5) is 13.1. The fourth-order valence-corrected chi connectivity index (χ4v) is 2.21. The minimum absolute atomic E-state index is 0.133. The molecular weight excluding hydrogens is 287 g/mol. The van der Waals surface area contributed by atoms with Crippen LogP contribution in [0.25, 0.3) is 0 Å². The van der Waals surface area contributed by atoms with Gasteiger partial charge < -0.3 is 14.4 Å². The van der Waals surface area contributed by atoms with Crippen molar-refractivity contribution in [2.45, 2.75) is 18.7 Å². The molecule has 1 aliphatic heterocycles. The van der Waals surface area contributed by atoms with E-state index in [2.05, 4.69) is 4.74 Å². The lowest BCUT2D eigenvalue weighted by atomic mass is 10.1. The van der Waals surface area contributed by atoms with E-state index in [1.807, 2.05) is 4.90 Å². The molecule has 1 unspecified atom stereocenters. The second kappa shape index (κ2) is 6.34. The van der Waals surface area contributed by atoms with Gasteiger partial charge in [0.2, 0.25) is 0 Å². The molecule has 116 valence electrons. The van der Waals surface area contributed by atoms with Gasteiger partial charge in [-0.3, -0.25) is 4.79 Å². The summed E-state index contributed by atoms with van der Waals surface area (Å²) in [5.74, 6) is -0.366. The number of morpholine rings is 1. The monoisotopic (exact) mass is 303 g/mol. The molecule has 0 aromatic heterocycles. The molecule has 1 aromatic rings. The van der Waals surface area contributed by atoms with Gasteiger partial charge in [0, 0.05) is 18.8 Å². The average molecular weight is 303 g/mol. The average Bonchev–Trinajstić information content (AvgIpc) is 2.46. The molecule has 0 saturated carbocycles. The minimum Gasteiger partial charge on any atom is -0.469 e. The van der Waals surface area contributed by atoms with E-state index in [4.69, 9.17) is 4.74 Å². The number of anilines is 1. The quantitative estimate of drug-likeness (QED) is 0.804. The Labute approximate surface area is 120 Å².